The maximum atomic E-state index is 5.92. The topological polar surface area (TPSA) is 29.3 Å². The summed E-state index contributed by atoms with van der Waals surface area (Å²) in [5.41, 5.74) is 7.15. The zero-order valence-electron chi connectivity index (χ0n) is 11.2. The van der Waals surface area contributed by atoms with Crippen molar-refractivity contribution >= 4 is 17.2 Å². The van der Waals surface area contributed by atoms with Crippen LogP contribution in [0.1, 0.15) is 25.3 Å². The number of nitrogens with zero attached hydrogens (tertiary/aromatic N) is 1. The van der Waals surface area contributed by atoms with Crippen LogP contribution in [0.3, 0.4) is 0 Å². The Bertz CT molecular complexity index is 394. The van der Waals surface area contributed by atoms with Crippen LogP contribution in [-0.2, 0) is 0 Å². The Morgan fingerprint density at radius 1 is 1.28 bits per heavy atom. The summed E-state index contributed by atoms with van der Waals surface area (Å²) in [6, 6.07) is 10.4. The van der Waals surface area contributed by atoms with Crippen molar-refractivity contribution in [1.29, 1.82) is 0 Å². The van der Waals surface area contributed by atoms with E-state index in [0.29, 0.717) is 4.99 Å². The lowest BCUT2D eigenvalue weighted by Gasteiger charge is -2.23. The highest BCUT2D eigenvalue weighted by Crippen LogP contribution is 2.25. The van der Waals surface area contributed by atoms with Gasteiger partial charge in [-0.15, -0.1) is 0 Å². The highest BCUT2D eigenvalue weighted by atomic mass is 32.1. The lowest BCUT2D eigenvalue weighted by molar-refractivity contribution is 0.320. The van der Waals surface area contributed by atoms with Gasteiger partial charge in [-0.3, -0.25) is 0 Å². The van der Waals surface area contributed by atoms with Gasteiger partial charge in [0.25, 0.3) is 0 Å². The molecule has 2 nitrogen and oxygen atoms in total. The number of hydrogen-bond donors (Lipinski definition) is 1. The van der Waals surface area contributed by atoms with Crippen LogP contribution in [0.15, 0.2) is 30.3 Å². The minimum Gasteiger partial charge on any atom is -0.393 e. The lowest BCUT2D eigenvalue weighted by Crippen LogP contribution is -2.33. The van der Waals surface area contributed by atoms with Crippen LogP contribution in [0, 0.1) is 11.8 Å². The molecule has 98 valence electrons. The van der Waals surface area contributed by atoms with E-state index < -0.39 is 0 Å². The summed E-state index contributed by atoms with van der Waals surface area (Å²) in [5.74, 6) is 1.72. The maximum Gasteiger partial charge on any atom is 0.0816 e. The zero-order chi connectivity index (χ0) is 13.1. The molecule has 1 aliphatic heterocycles. The molecule has 2 rings (SSSR count). The van der Waals surface area contributed by atoms with E-state index in [0.717, 1.165) is 31.5 Å². The molecule has 1 heterocycles. The Hall–Kier alpha value is -0.930. The van der Waals surface area contributed by atoms with Crippen molar-refractivity contribution in [1.82, 2.24) is 4.90 Å². The molecule has 1 aromatic carbocycles. The fraction of sp³-hybridized carbons (Fsp3) is 0.533. The van der Waals surface area contributed by atoms with Crippen molar-refractivity contribution in [2.75, 3.05) is 19.6 Å². The number of thiocarbonyl (C=S) groups is 1. The highest BCUT2D eigenvalue weighted by molar-refractivity contribution is 7.80. The van der Waals surface area contributed by atoms with E-state index in [4.69, 9.17) is 18.0 Å². The minimum absolute atomic E-state index is 0.179. The molecular formula is C15H22N2S. The van der Waals surface area contributed by atoms with Crippen molar-refractivity contribution < 1.29 is 0 Å². The summed E-state index contributed by atoms with van der Waals surface area (Å²) < 4.78 is 0. The van der Waals surface area contributed by atoms with Gasteiger partial charge in [0, 0.05) is 25.6 Å². The van der Waals surface area contributed by atoms with Crippen LogP contribution < -0.4 is 5.73 Å². The van der Waals surface area contributed by atoms with E-state index in [2.05, 4.69) is 43.0 Å². The molecule has 1 fully saturated rings. The van der Waals surface area contributed by atoms with Crippen LogP contribution in [0.5, 0.6) is 0 Å². The number of nitrogens with two attached hydrogens (primary N) is 1. The molecule has 1 aromatic rings. The molecule has 3 atom stereocenters. The predicted molar refractivity (Wildman–Crippen MR) is 80.7 cm³/mol. The third-order valence-electron chi connectivity index (χ3n) is 4.05. The van der Waals surface area contributed by atoms with E-state index in [1.807, 2.05) is 6.07 Å². The first-order chi connectivity index (χ1) is 8.58. The van der Waals surface area contributed by atoms with E-state index in [-0.39, 0.29) is 5.92 Å². The first kappa shape index (κ1) is 13.5. The monoisotopic (exact) mass is 262 g/mol. The quantitative estimate of drug-likeness (QED) is 0.846. The Kier molecular flexibility index (Phi) is 4.36. The summed E-state index contributed by atoms with van der Waals surface area (Å²) in [4.78, 5) is 3.10. The standard InChI is InChI=1S/C15H22N2S/c1-11-8-17(9-12(11)2)10-14(15(16)18)13-6-4-3-5-7-13/h3-7,11-12,14H,8-10H2,1-2H3,(H2,16,18). The second-order valence-electron chi connectivity index (χ2n) is 5.54. The van der Waals surface area contributed by atoms with Crippen LogP contribution >= 0.6 is 12.2 Å². The van der Waals surface area contributed by atoms with E-state index in [1.165, 1.54) is 5.56 Å². The molecule has 0 amide bonds. The van der Waals surface area contributed by atoms with Gasteiger partial charge in [-0.05, 0) is 17.4 Å². The SMILES string of the molecule is CC1CN(CC(C(N)=S)c2ccccc2)CC1C. The molecule has 0 aliphatic carbocycles. The second-order valence-corrected chi connectivity index (χ2v) is 6.01. The zero-order valence-corrected chi connectivity index (χ0v) is 12.0. The molecule has 18 heavy (non-hydrogen) atoms. The molecule has 0 bridgehead atoms. The molecule has 0 radical (unpaired) electrons. The number of rotatable bonds is 4. The largest absolute Gasteiger partial charge is 0.393 e. The van der Waals surface area contributed by atoms with Crippen LogP contribution in [0.4, 0.5) is 0 Å². The number of hydrogen-bond acceptors (Lipinski definition) is 2. The molecule has 1 saturated heterocycles. The van der Waals surface area contributed by atoms with Gasteiger partial charge in [0.05, 0.1) is 4.99 Å². The van der Waals surface area contributed by atoms with Gasteiger partial charge in [-0.25, -0.2) is 0 Å². The molecule has 1 aliphatic rings. The van der Waals surface area contributed by atoms with Crippen molar-refractivity contribution in [3.05, 3.63) is 35.9 Å². The number of likely N-dealkylation sites (tertiary alicyclic amines) is 1. The predicted octanol–water partition coefficient (Wildman–Crippen LogP) is 2.64. The van der Waals surface area contributed by atoms with Gasteiger partial charge < -0.3 is 10.6 Å². The Balaban J connectivity index is 2.07. The average Bonchev–Trinajstić information content (AvgIpc) is 2.66. The molecule has 2 N–H and O–H groups in total. The van der Waals surface area contributed by atoms with Gasteiger partial charge in [0.15, 0.2) is 0 Å². The second kappa shape index (κ2) is 5.81. The molecular weight excluding hydrogens is 240 g/mol. The van der Waals surface area contributed by atoms with Gasteiger partial charge in [-0.2, -0.15) is 0 Å². The fourth-order valence-electron chi connectivity index (χ4n) is 2.70. The van der Waals surface area contributed by atoms with Crippen LogP contribution in [0.25, 0.3) is 0 Å². The van der Waals surface area contributed by atoms with Crippen molar-refractivity contribution in [3.8, 4) is 0 Å². The molecule has 0 aromatic heterocycles. The van der Waals surface area contributed by atoms with E-state index in [1.54, 1.807) is 0 Å². The summed E-state index contributed by atoms with van der Waals surface area (Å²) in [5, 5.41) is 0. The molecule has 3 heteroatoms. The first-order valence-electron chi connectivity index (χ1n) is 6.64. The van der Waals surface area contributed by atoms with E-state index >= 15 is 0 Å². The fourth-order valence-corrected chi connectivity index (χ4v) is 2.91. The highest BCUT2D eigenvalue weighted by Gasteiger charge is 2.28. The normalized spacial score (nSPS) is 26.1. The average molecular weight is 262 g/mol. The number of benzene rings is 1. The van der Waals surface area contributed by atoms with Crippen molar-refractivity contribution in [3.63, 3.8) is 0 Å². The first-order valence-corrected chi connectivity index (χ1v) is 7.05. The molecule has 3 unspecified atom stereocenters. The van der Waals surface area contributed by atoms with Gasteiger partial charge in [0.2, 0.25) is 0 Å². The van der Waals surface area contributed by atoms with Gasteiger partial charge in [-0.1, -0.05) is 56.4 Å². The van der Waals surface area contributed by atoms with E-state index in [9.17, 15) is 0 Å². The van der Waals surface area contributed by atoms with Crippen LogP contribution in [-0.4, -0.2) is 29.5 Å². The van der Waals surface area contributed by atoms with Gasteiger partial charge in [0.1, 0.15) is 0 Å². The summed E-state index contributed by atoms with van der Waals surface area (Å²) in [6.45, 7) is 7.92. The smallest absolute Gasteiger partial charge is 0.0816 e. The van der Waals surface area contributed by atoms with Crippen molar-refractivity contribution in [2.45, 2.75) is 19.8 Å². The van der Waals surface area contributed by atoms with Crippen molar-refractivity contribution in [2.24, 2.45) is 17.6 Å². The molecule has 0 saturated carbocycles. The Morgan fingerprint density at radius 3 is 2.33 bits per heavy atom. The van der Waals surface area contributed by atoms with Gasteiger partial charge >= 0.3 is 0 Å². The van der Waals surface area contributed by atoms with Crippen LogP contribution in [0.2, 0.25) is 0 Å². The third kappa shape index (κ3) is 3.09. The summed E-state index contributed by atoms with van der Waals surface area (Å²) >= 11 is 5.24. The molecule has 0 spiro atoms. The minimum atomic E-state index is 0.179. The Labute approximate surface area is 115 Å². The third-order valence-corrected chi connectivity index (χ3v) is 4.33. The Morgan fingerprint density at radius 2 is 1.83 bits per heavy atom. The lowest BCUT2D eigenvalue weighted by atomic mass is 9.98. The summed E-state index contributed by atoms with van der Waals surface area (Å²) in [7, 11) is 0. The summed E-state index contributed by atoms with van der Waals surface area (Å²) in [6.07, 6.45) is 0. The maximum absolute atomic E-state index is 5.92.